The van der Waals surface area contributed by atoms with Crippen molar-refractivity contribution < 1.29 is 4.74 Å². The second-order valence-electron chi connectivity index (χ2n) is 4.24. The van der Waals surface area contributed by atoms with Crippen LogP contribution in [0.25, 0.3) is 4.96 Å². The van der Waals surface area contributed by atoms with Gasteiger partial charge in [0.05, 0.1) is 5.69 Å². The summed E-state index contributed by atoms with van der Waals surface area (Å²) in [6, 6.07) is 9.30. The summed E-state index contributed by atoms with van der Waals surface area (Å²) in [4.78, 5) is 16.9. The van der Waals surface area contributed by atoms with Crippen LogP contribution in [0.1, 0.15) is 11.3 Å². The fourth-order valence-electron chi connectivity index (χ4n) is 1.75. The summed E-state index contributed by atoms with van der Waals surface area (Å²) in [5.74, 6) is 0.777. The second kappa shape index (κ2) is 4.85. The zero-order chi connectivity index (χ0) is 13.2. The molecule has 5 heteroatoms. The summed E-state index contributed by atoms with van der Waals surface area (Å²) in [6.45, 7) is 2.32. The van der Waals surface area contributed by atoms with Crippen LogP contribution >= 0.6 is 11.3 Å². The smallest absolute Gasteiger partial charge is 0.258 e. The predicted molar refractivity (Wildman–Crippen MR) is 74.9 cm³/mol. The molecule has 0 fully saturated rings. The van der Waals surface area contributed by atoms with E-state index < -0.39 is 0 Å². The van der Waals surface area contributed by atoms with E-state index in [1.54, 1.807) is 6.20 Å². The number of rotatable bonds is 3. The molecule has 0 atom stereocenters. The Labute approximate surface area is 113 Å². The van der Waals surface area contributed by atoms with Crippen molar-refractivity contribution in [2.75, 3.05) is 0 Å². The molecule has 3 aromatic rings. The average Bonchev–Trinajstić information content (AvgIpc) is 2.87. The molecule has 0 unspecified atom stereocenters. The Morgan fingerprint density at radius 2 is 2.11 bits per heavy atom. The summed E-state index contributed by atoms with van der Waals surface area (Å²) in [7, 11) is 0. The summed E-state index contributed by atoms with van der Waals surface area (Å²) < 4.78 is 7.15. The van der Waals surface area contributed by atoms with Crippen molar-refractivity contribution in [1.82, 2.24) is 9.38 Å². The first-order valence-electron chi connectivity index (χ1n) is 5.87. The van der Waals surface area contributed by atoms with E-state index in [0.29, 0.717) is 17.3 Å². The molecule has 0 bridgehead atoms. The molecule has 19 heavy (non-hydrogen) atoms. The maximum atomic E-state index is 11.8. The molecule has 1 aromatic carbocycles. The highest BCUT2D eigenvalue weighted by atomic mass is 32.1. The molecule has 96 valence electrons. The van der Waals surface area contributed by atoms with Crippen molar-refractivity contribution in [3.8, 4) is 5.75 Å². The highest BCUT2D eigenvalue weighted by Crippen LogP contribution is 2.13. The van der Waals surface area contributed by atoms with Gasteiger partial charge in [-0.05, 0) is 19.1 Å². The minimum atomic E-state index is -0.0752. The molecule has 2 heterocycles. The van der Waals surface area contributed by atoms with Crippen LogP contribution in [0.5, 0.6) is 5.75 Å². The lowest BCUT2D eigenvalue weighted by atomic mass is 10.2. The minimum Gasteiger partial charge on any atom is -0.487 e. The van der Waals surface area contributed by atoms with E-state index in [-0.39, 0.29) is 5.56 Å². The molecule has 0 N–H and O–H groups in total. The first kappa shape index (κ1) is 11.9. The lowest BCUT2D eigenvalue weighted by Crippen LogP contribution is -2.14. The van der Waals surface area contributed by atoms with Crippen molar-refractivity contribution in [2.45, 2.75) is 13.5 Å². The Kier molecular flexibility index (Phi) is 3.05. The standard InChI is InChI=1S/C14H12N2O2S/c1-10-2-4-12(5-3-10)18-9-11-8-13(17)16-6-7-19-14(16)15-11/h2-8H,9H2,1H3. The zero-order valence-corrected chi connectivity index (χ0v) is 11.2. The van der Waals surface area contributed by atoms with E-state index in [1.807, 2.05) is 36.6 Å². The van der Waals surface area contributed by atoms with Gasteiger partial charge >= 0.3 is 0 Å². The van der Waals surface area contributed by atoms with Crippen LogP contribution in [0.2, 0.25) is 0 Å². The molecule has 0 spiro atoms. The second-order valence-corrected chi connectivity index (χ2v) is 5.12. The third-order valence-electron chi connectivity index (χ3n) is 2.76. The monoisotopic (exact) mass is 272 g/mol. The lowest BCUT2D eigenvalue weighted by molar-refractivity contribution is 0.301. The zero-order valence-electron chi connectivity index (χ0n) is 10.4. The Morgan fingerprint density at radius 3 is 2.89 bits per heavy atom. The van der Waals surface area contributed by atoms with Crippen molar-refractivity contribution >= 4 is 16.3 Å². The number of benzene rings is 1. The molecule has 0 aliphatic rings. The molecule has 3 rings (SSSR count). The minimum absolute atomic E-state index is 0.0752. The molecular formula is C14H12N2O2S. The van der Waals surface area contributed by atoms with Crippen LogP contribution in [0.3, 0.4) is 0 Å². The van der Waals surface area contributed by atoms with Gasteiger partial charge in [-0.25, -0.2) is 4.98 Å². The Morgan fingerprint density at radius 1 is 1.32 bits per heavy atom. The van der Waals surface area contributed by atoms with Crippen LogP contribution < -0.4 is 10.3 Å². The number of nitrogens with zero attached hydrogens (tertiary/aromatic N) is 2. The maximum Gasteiger partial charge on any atom is 0.258 e. The summed E-state index contributed by atoms with van der Waals surface area (Å²) >= 11 is 1.44. The number of aryl methyl sites for hydroxylation is 1. The van der Waals surface area contributed by atoms with E-state index in [9.17, 15) is 4.79 Å². The third kappa shape index (κ3) is 2.51. The number of aromatic nitrogens is 2. The van der Waals surface area contributed by atoms with Crippen LogP contribution in [-0.4, -0.2) is 9.38 Å². The number of thiazole rings is 1. The van der Waals surface area contributed by atoms with Gasteiger partial charge in [-0.15, -0.1) is 11.3 Å². The van der Waals surface area contributed by atoms with Crippen LogP contribution in [0.15, 0.2) is 46.7 Å². The van der Waals surface area contributed by atoms with Gasteiger partial charge < -0.3 is 4.74 Å². The number of hydrogen-bond donors (Lipinski definition) is 0. The molecule has 0 aliphatic carbocycles. The number of fused-ring (bicyclic) bond motifs is 1. The fraction of sp³-hybridized carbons (Fsp3) is 0.143. The van der Waals surface area contributed by atoms with Gasteiger partial charge in [0.1, 0.15) is 12.4 Å². The molecule has 0 aliphatic heterocycles. The van der Waals surface area contributed by atoms with Gasteiger partial charge in [-0.2, -0.15) is 0 Å². The summed E-state index contributed by atoms with van der Waals surface area (Å²) in [5, 5.41) is 1.84. The molecule has 4 nitrogen and oxygen atoms in total. The fourth-order valence-corrected chi connectivity index (χ4v) is 2.49. The van der Waals surface area contributed by atoms with Gasteiger partial charge in [-0.3, -0.25) is 9.20 Å². The predicted octanol–water partition coefficient (Wildman–Crippen LogP) is 2.64. The lowest BCUT2D eigenvalue weighted by Gasteiger charge is -2.05. The summed E-state index contributed by atoms with van der Waals surface area (Å²) in [6.07, 6.45) is 1.72. The molecule has 0 saturated carbocycles. The van der Waals surface area contributed by atoms with Gasteiger partial charge in [0.15, 0.2) is 4.96 Å². The first-order valence-corrected chi connectivity index (χ1v) is 6.75. The molecular weight excluding hydrogens is 260 g/mol. The average molecular weight is 272 g/mol. The Hall–Kier alpha value is -2.14. The maximum absolute atomic E-state index is 11.8. The van der Waals surface area contributed by atoms with E-state index in [0.717, 1.165) is 5.75 Å². The van der Waals surface area contributed by atoms with Crippen LogP contribution in [0, 0.1) is 6.92 Å². The third-order valence-corrected chi connectivity index (χ3v) is 3.52. The molecule has 2 aromatic heterocycles. The SMILES string of the molecule is Cc1ccc(OCc2cc(=O)n3ccsc3n2)cc1. The Bertz CT molecular complexity index is 759. The summed E-state index contributed by atoms with van der Waals surface area (Å²) in [5.41, 5.74) is 1.76. The van der Waals surface area contributed by atoms with Crippen molar-refractivity contribution in [2.24, 2.45) is 0 Å². The first-order chi connectivity index (χ1) is 9.22. The highest BCUT2D eigenvalue weighted by molar-refractivity contribution is 7.15. The largest absolute Gasteiger partial charge is 0.487 e. The normalized spacial score (nSPS) is 10.8. The van der Waals surface area contributed by atoms with E-state index in [2.05, 4.69) is 4.98 Å². The van der Waals surface area contributed by atoms with Crippen molar-refractivity contribution in [1.29, 1.82) is 0 Å². The van der Waals surface area contributed by atoms with Gasteiger partial charge in [0.2, 0.25) is 0 Å². The van der Waals surface area contributed by atoms with E-state index in [4.69, 9.17) is 4.74 Å². The number of ether oxygens (including phenoxy) is 1. The quantitative estimate of drug-likeness (QED) is 0.736. The molecule has 0 amide bonds. The number of hydrogen-bond acceptors (Lipinski definition) is 4. The Balaban J connectivity index is 1.81. The van der Waals surface area contributed by atoms with Crippen LogP contribution in [0.4, 0.5) is 0 Å². The topological polar surface area (TPSA) is 43.6 Å². The van der Waals surface area contributed by atoms with Gasteiger partial charge in [0, 0.05) is 17.6 Å². The highest BCUT2D eigenvalue weighted by Gasteiger charge is 2.04. The van der Waals surface area contributed by atoms with E-state index >= 15 is 0 Å². The van der Waals surface area contributed by atoms with Gasteiger partial charge in [0.25, 0.3) is 5.56 Å². The molecule has 0 radical (unpaired) electrons. The van der Waals surface area contributed by atoms with Crippen LogP contribution in [-0.2, 0) is 6.61 Å². The molecule has 0 saturated heterocycles. The van der Waals surface area contributed by atoms with Crippen molar-refractivity contribution in [3.05, 3.63) is 63.5 Å². The van der Waals surface area contributed by atoms with E-state index in [1.165, 1.54) is 27.4 Å². The van der Waals surface area contributed by atoms with Gasteiger partial charge in [-0.1, -0.05) is 17.7 Å². The van der Waals surface area contributed by atoms with Crippen molar-refractivity contribution in [3.63, 3.8) is 0 Å².